The monoisotopic (exact) mass is 357 g/mol. The van der Waals surface area contributed by atoms with Gasteiger partial charge in [-0.1, -0.05) is 0 Å². The number of aromatic amines is 1. The molecule has 7 heteroatoms. The van der Waals surface area contributed by atoms with E-state index in [-0.39, 0.29) is 17.2 Å². The molecule has 0 aromatic carbocycles. The van der Waals surface area contributed by atoms with Crippen LogP contribution in [0.2, 0.25) is 0 Å². The van der Waals surface area contributed by atoms with Gasteiger partial charge in [0.05, 0.1) is 5.69 Å². The van der Waals surface area contributed by atoms with Gasteiger partial charge in [-0.2, -0.15) is 15.4 Å². The fourth-order valence-electron chi connectivity index (χ4n) is 4.93. The molecule has 1 unspecified atom stereocenters. The van der Waals surface area contributed by atoms with Crippen LogP contribution in [0, 0.1) is 11.3 Å². The molecule has 2 aliphatic carbocycles. The Morgan fingerprint density at radius 2 is 1.69 bits per heavy atom. The SMILES string of the molecule is O=C(c1n[nH]nc1C1CC1)N1CCC2(CC1)CC2C(=O)N1CCCCC1. The van der Waals surface area contributed by atoms with Crippen molar-refractivity contribution in [1.82, 2.24) is 25.2 Å². The lowest BCUT2D eigenvalue weighted by Gasteiger charge is -2.33. The minimum atomic E-state index is 0.00931. The van der Waals surface area contributed by atoms with Gasteiger partial charge in [-0.3, -0.25) is 9.59 Å². The third-order valence-corrected chi connectivity index (χ3v) is 6.94. The van der Waals surface area contributed by atoms with Gasteiger partial charge in [-0.15, -0.1) is 0 Å². The molecular formula is C19H27N5O2. The molecule has 2 aliphatic heterocycles. The van der Waals surface area contributed by atoms with E-state index in [1.165, 1.54) is 6.42 Å². The van der Waals surface area contributed by atoms with Gasteiger partial charge in [0.1, 0.15) is 0 Å². The average Bonchev–Trinajstić information content (AvgIpc) is 3.60. The lowest BCUT2D eigenvalue weighted by molar-refractivity contribution is -0.134. The van der Waals surface area contributed by atoms with Crippen LogP contribution >= 0.6 is 0 Å². The summed E-state index contributed by atoms with van der Waals surface area (Å²) in [7, 11) is 0. The van der Waals surface area contributed by atoms with E-state index < -0.39 is 0 Å². The van der Waals surface area contributed by atoms with Crippen molar-refractivity contribution in [2.75, 3.05) is 26.2 Å². The van der Waals surface area contributed by atoms with Crippen molar-refractivity contribution in [3.8, 4) is 0 Å². The van der Waals surface area contributed by atoms with Crippen molar-refractivity contribution >= 4 is 11.8 Å². The summed E-state index contributed by atoms with van der Waals surface area (Å²) in [5.41, 5.74) is 1.52. The number of piperidine rings is 2. The fraction of sp³-hybridized carbons (Fsp3) is 0.789. The molecule has 1 N–H and O–H groups in total. The molecule has 0 bridgehead atoms. The van der Waals surface area contributed by atoms with Crippen LogP contribution in [0.5, 0.6) is 0 Å². The Balaban J connectivity index is 1.19. The van der Waals surface area contributed by atoms with Crippen LogP contribution < -0.4 is 0 Å². The zero-order valence-corrected chi connectivity index (χ0v) is 15.2. The molecule has 1 spiro atoms. The van der Waals surface area contributed by atoms with Crippen LogP contribution in [0.15, 0.2) is 0 Å². The summed E-state index contributed by atoms with van der Waals surface area (Å²) in [6.07, 6.45) is 8.67. The largest absolute Gasteiger partial charge is 0.342 e. The number of hydrogen-bond acceptors (Lipinski definition) is 4. The average molecular weight is 357 g/mol. The van der Waals surface area contributed by atoms with Crippen molar-refractivity contribution in [2.24, 2.45) is 11.3 Å². The second-order valence-corrected chi connectivity index (χ2v) is 8.63. The highest BCUT2D eigenvalue weighted by Crippen LogP contribution is 2.60. The summed E-state index contributed by atoms with van der Waals surface area (Å²) in [6, 6.07) is 0. The van der Waals surface area contributed by atoms with Crippen LogP contribution in [-0.4, -0.2) is 63.2 Å². The molecule has 0 radical (unpaired) electrons. The van der Waals surface area contributed by atoms with Gasteiger partial charge in [0.15, 0.2) is 5.69 Å². The Morgan fingerprint density at radius 1 is 0.962 bits per heavy atom. The third kappa shape index (κ3) is 2.72. The molecule has 3 heterocycles. The first kappa shape index (κ1) is 16.3. The van der Waals surface area contributed by atoms with Gasteiger partial charge in [0.25, 0.3) is 5.91 Å². The van der Waals surface area contributed by atoms with Crippen LogP contribution in [0.4, 0.5) is 0 Å². The van der Waals surface area contributed by atoms with E-state index in [1.54, 1.807) is 0 Å². The van der Waals surface area contributed by atoms with Crippen molar-refractivity contribution < 1.29 is 9.59 Å². The van der Waals surface area contributed by atoms with Crippen molar-refractivity contribution in [1.29, 1.82) is 0 Å². The second-order valence-electron chi connectivity index (χ2n) is 8.63. The molecule has 1 aromatic heterocycles. The highest BCUT2D eigenvalue weighted by atomic mass is 16.2. The van der Waals surface area contributed by atoms with Crippen LogP contribution in [0.25, 0.3) is 0 Å². The number of nitrogens with one attached hydrogen (secondary N) is 1. The number of nitrogens with zero attached hydrogens (tertiary/aromatic N) is 4. The van der Waals surface area contributed by atoms with E-state index in [9.17, 15) is 9.59 Å². The summed E-state index contributed by atoms with van der Waals surface area (Å²) in [6.45, 7) is 3.34. The van der Waals surface area contributed by atoms with E-state index in [0.717, 1.165) is 76.8 Å². The van der Waals surface area contributed by atoms with Gasteiger partial charge >= 0.3 is 0 Å². The van der Waals surface area contributed by atoms with Gasteiger partial charge in [-0.05, 0) is 56.8 Å². The minimum absolute atomic E-state index is 0.00931. The van der Waals surface area contributed by atoms with Crippen molar-refractivity contribution in [3.63, 3.8) is 0 Å². The van der Waals surface area contributed by atoms with E-state index in [2.05, 4.69) is 20.3 Å². The number of carbonyl (C=O) groups excluding carboxylic acids is 2. The Hall–Kier alpha value is -1.92. The Labute approximate surface area is 153 Å². The number of H-pyrrole nitrogens is 1. The highest BCUT2D eigenvalue weighted by molar-refractivity contribution is 5.93. The molecule has 2 saturated heterocycles. The molecule has 2 saturated carbocycles. The molecular weight excluding hydrogens is 330 g/mol. The van der Waals surface area contributed by atoms with Gasteiger partial charge < -0.3 is 9.80 Å². The summed E-state index contributed by atoms with van der Waals surface area (Å²) >= 11 is 0. The number of carbonyl (C=O) groups is 2. The Bertz CT molecular complexity index is 711. The predicted molar refractivity (Wildman–Crippen MR) is 94.5 cm³/mol. The van der Waals surface area contributed by atoms with Gasteiger partial charge in [0.2, 0.25) is 5.91 Å². The minimum Gasteiger partial charge on any atom is -0.342 e. The standard InChI is InChI=1S/C19H27N5O2/c25-17(23-8-2-1-3-9-23)14-12-19(14)6-10-24(11-7-19)18(26)16-15(13-4-5-13)20-22-21-16/h13-14H,1-12H2,(H,20,21,22). The molecule has 5 rings (SSSR count). The Kier molecular flexibility index (Phi) is 3.79. The lowest BCUT2D eigenvalue weighted by atomic mass is 9.90. The van der Waals surface area contributed by atoms with E-state index >= 15 is 0 Å². The molecule has 2 amide bonds. The second kappa shape index (κ2) is 6.06. The number of hydrogen-bond donors (Lipinski definition) is 1. The Morgan fingerprint density at radius 3 is 2.38 bits per heavy atom. The van der Waals surface area contributed by atoms with E-state index in [0.29, 0.717) is 17.5 Å². The maximum Gasteiger partial charge on any atom is 0.276 e. The molecule has 1 atom stereocenters. The number of likely N-dealkylation sites (tertiary alicyclic amines) is 2. The zero-order valence-electron chi connectivity index (χ0n) is 15.2. The quantitative estimate of drug-likeness (QED) is 0.896. The lowest BCUT2D eigenvalue weighted by Crippen LogP contribution is -2.42. The molecule has 4 aliphatic rings. The normalized spacial score (nSPS) is 27.6. The van der Waals surface area contributed by atoms with E-state index in [4.69, 9.17) is 0 Å². The fourth-order valence-corrected chi connectivity index (χ4v) is 4.93. The maximum atomic E-state index is 12.8. The van der Waals surface area contributed by atoms with Gasteiger partial charge in [-0.25, -0.2) is 0 Å². The predicted octanol–water partition coefficient (Wildman–Crippen LogP) is 1.94. The summed E-state index contributed by atoms with van der Waals surface area (Å²) in [5.74, 6) is 0.998. The molecule has 4 fully saturated rings. The van der Waals surface area contributed by atoms with Crippen LogP contribution in [-0.2, 0) is 4.79 Å². The number of aromatic nitrogens is 3. The number of rotatable bonds is 3. The van der Waals surface area contributed by atoms with E-state index in [1.807, 2.05) is 4.90 Å². The number of amides is 2. The summed E-state index contributed by atoms with van der Waals surface area (Å²) < 4.78 is 0. The van der Waals surface area contributed by atoms with Crippen LogP contribution in [0.3, 0.4) is 0 Å². The van der Waals surface area contributed by atoms with Crippen molar-refractivity contribution in [3.05, 3.63) is 11.4 Å². The maximum absolute atomic E-state index is 12.8. The molecule has 26 heavy (non-hydrogen) atoms. The highest BCUT2D eigenvalue weighted by Gasteiger charge is 2.59. The van der Waals surface area contributed by atoms with Crippen molar-refractivity contribution in [2.45, 2.75) is 57.3 Å². The summed E-state index contributed by atoms with van der Waals surface area (Å²) in [5, 5.41) is 10.9. The molecule has 1 aromatic rings. The first-order valence-corrected chi connectivity index (χ1v) is 10.2. The topological polar surface area (TPSA) is 82.2 Å². The zero-order chi connectivity index (χ0) is 17.7. The smallest absolute Gasteiger partial charge is 0.276 e. The first-order valence-electron chi connectivity index (χ1n) is 10.2. The van der Waals surface area contributed by atoms with Gasteiger partial charge in [0, 0.05) is 38.0 Å². The summed E-state index contributed by atoms with van der Waals surface area (Å²) in [4.78, 5) is 29.6. The third-order valence-electron chi connectivity index (χ3n) is 6.94. The first-order chi connectivity index (χ1) is 12.7. The molecule has 140 valence electrons. The molecule has 7 nitrogen and oxygen atoms in total. The van der Waals surface area contributed by atoms with Crippen LogP contribution in [0.1, 0.15) is 73.5 Å².